The molecule has 0 N–H and O–H groups in total. The summed E-state index contributed by atoms with van der Waals surface area (Å²) in [7, 11) is 1.72. The van der Waals surface area contributed by atoms with Crippen LogP contribution in [0.5, 0.6) is 17.2 Å². The molecular formula is C46H38O3. The van der Waals surface area contributed by atoms with Crippen LogP contribution in [0.3, 0.4) is 0 Å². The molecule has 3 heteroatoms. The first kappa shape index (κ1) is 31.7. The van der Waals surface area contributed by atoms with Gasteiger partial charge in [-0.1, -0.05) is 115 Å². The maximum atomic E-state index is 13.1. The van der Waals surface area contributed by atoms with E-state index in [1.807, 2.05) is 67.6 Å². The van der Waals surface area contributed by atoms with Crippen LogP contribution in [-0.4, -0.2) is 12.9 Å². The monoisotopic (exact) mass is 638 g/mol. The number of rotatable bonds is 11. The Kier molecular flexibility index (Phi) is 8.59. The summed E-state index contributed by atoms with van der Waals surface area (Å²) >= 11 is 0. The van der Waals surface area contributed by atoms with Gasteiger partial charge < -0.3 is 9.47 Å². The van der Waals surface area contributed by atoms with Gasteiger partial charge in [-0.25, -0.2) is 0 Å². The van der Waals surface area contributed by atoms with Crippen molar-refractivity contribution in [3.63, 3.8) is 0 Å². The van der Waals surface area contributed by atoms with Crippen LogP contribution < -0.4 is 9.47 Å². The summed E-state index contributed by atoms with van der Waals surface area (Å²) in [5, 5.41) is 0. The number of hydrogen-bond donors (Lipinski definition) is 0. The lowest BCUT2D eigenvalue weighted by atomic mass is 9.67. The molecule has 7 rings (SSSR count). The molecule has 3 nitrogen and oxygen atoms in total. The first-order valence-corrected chi connectivity index (χ1v) is 16.6. The van der Waals surface area contributed by atoms with E-state index in [4.69, 9.17) is 9.47 Å². The normalized spacial score (nSPS) is 12.4. The first-order chi connectivity index (χ1) is 24.0. The summed E-state index contributed by atoms with van der Waals surface area (Å²) in [5.41, 5.74) is 11.2. The van der Waals surface area contributed by atoms with E-state index in [0.29, 0.717) is 29.7 Å². The lowest BCUT2D eigenvalue weighted by Gasteiger charge is -2.35. The number of ether oxygens (including phenoxy) is 2. The highest BCUT2D eigenvalue weighted by molar-refractivity contribution is 6.09. The predicted molar refractivity (Wildman–Crippen MR) is 199 cm³/mol. The van der Waals surface area contributed by atoms with E-state index in [9.17, 15) is 4.79 Å². The third-order valence-corrected chi connectivity index (χ3v) is 9.55. The molecule has 1 aliphatic rings. The second-order valence-electron chi connectivity index (χ2n) is 12.5. The maximum Gasteiger partial charge on any atom is 0.193 e. The van der Waals surface area contributed by atoms with E-state index in [1.54, 1.807) is 7.11 Å². The minimum atomic E-state index is -0.582. The van der Waals surface area contributed by atoms with E-state index in [1.165, 1.54) is 22.3 Å². The maximum absolute atomic E-state index is 13.1. The zero-order valence-corrected chi connectivity index (χ0v) is 27.9. The summed E-state index contributed by atoms with van der Waals surface area (Å²) in [6.07, 6.45) is 5.15. The number of hydrogen-bond acceptors (Lipinski definition) is 3. The fourth-order valence-electron chi connectivity index (χ4n) is 7.25. The van der Waals surface area contributed by atoms with Crippen LogP contribution in [0.25, 0.3) is 11.1 Å². The zero-order valence-electron chi connectivity index (χ0n) is 27.9. The minimum absolute atomic E-state index is 0.0135. The molecule has 0 unspecified atom stereocenters. The lowest BCUT2D eigenvalue weighted by molar-refractivity contribution is 0.103. The van der Waals surface area contributed by atoms with Crippen molar-refractivity contribution in [1.82, 2.24) is 0 Å². The van der Waals surface area contributed by atoms with Gasteiger partial charge in [0.05, 0.1) is 12.5 Å². The molecule has 0 atom stereocenters. The summed E-state index contributed by atoms with van der Waals surface area (Å²) in [6.45, 7) is 10.1. The van der Waals surface area contributed by atoms with Crippen LogP contribution in [0, 0.1) is 6.92 Å². The van der Waals surface area contributed by atoms with Crippen LogP contribution in [0.1, 0.15) is 54.9 Å². The SMILES string of the molecule is C=CCc1cc(C2(c3ccc(Oc4ccc(C(=O)c5ccc(C)cc5)cc4)c(CC=C)c3)c3ccccc3-c3ccccc32)ccc1OC. The van der Waals surface area contributed by atoms with Crippen LogP contribution in [-0.2, 0) is 18.3 Å². The highest BCUT2D eigenvalue weighted by Gasteiger charge is 2.46. The van der Waals surface area contributed by atoms with Gasteiger partial charge in [0.15, 0.2) is 5.78 Å². The summed E-state index contributed by atoms with van der Waals surface area (Å²) in [6, 6.07) is 45.5. The number of carbonyl (C=O) groups is 1. The Labute approximate surface area is 288 Å². The van der Waals surface area contributed by atoms with Gasteiger partial charge in [0.1, 0.15) is 17.2 Å². The number of benzene rings is 6. The molecule has 0 bridgehead atoms. The van der Waals surface area contributed by atoms with Crippen molar-refractivity contribution in [3.8, 4) is 28.4 Å². The third-order valence-electron chi connectivity index (χ3n) is 9.55. The van der Waals surface area contributed by atoms with Gasteiger partial charge in [0, 0.05) is 11.1 Å². The van der Waals surface area contributed by atoms with Crippen molar-refractivity contribution >= 4 is 5.78 Å². The van der Waals surface area contributed by atoms with E-state index in [0.717, 1.165) is 39.3 Å². The topological polar surface area (TPSA) is 35.5 Å². The van der Waals surface area contributed by atoms with Gasteiger partial charge in [-0.2, -0.15) is 0 Å². The molecular weight excluding hydrogens is 601 g/mol. The molecule has 1 aliphatic carbocycles. The second-order valence-corrected chi connectivity index (χ2v) is 12.5. The highest BCUT2D eigenvalue weighted by Crippen LogP contribution is 2.56. The summed E-state index contributed by atoms with van der Waals surface area (Å²) < 4.78 is 12.3. The van der Waals surface area contributed by atoms with E-state index in [2.05, 4.69) is 98.1 Å². The Balaban J connectivity index is 1.34. The predicted octanol–water partition coefficient (Wildman–Crippen LogP) is 10.8. The molecule has 6 aromatic carbocycles. The Morgan fingerprint density at radius 2 is 1.12 bits per heavy atom. The molecule has 0 radical (unpaired) electrons. The Bertz CT molecular complexity index is 2140. The minimum Gasteiger partial charge on any atom is -0.496 e. The summed E-state index contributed by atoms with van der Waals surface area (Å²) in [4.78, 5) is 13.1. The molecule has 0 spiro atoms. The Morgan fingerprint density at radius 3 is 1.65 bits per heavy atom. The largest absolute Gasteiger partial charge is 0.496 e. The standard InChI is InChI=1S/C46H38O3/c1-5-11-34-29-36(23-27-43(34)48-4)46(41-15-9-7-13-39(41)40-14-8-10-16-42(40)46)37-24-28-44(35(30-37)12-6-2)49-38-25-21-33(22-26-38)45(47)32-19-17-31(3)18-20-32/h5-10,13-30H,1-2,11-12H2,3-4H3. The number of carbonyl (C=O) groups excluding carboxylic acids is 1. The van der Waals surface area contributed by atoms with Crippen LogP contribution in [0.2, 0.25) is 0 Å². The van der Waals surface area contributed by atoms with Crippen LogP contribution in [0.15, 0.2) is 159 Å². The molecule has 0 heterocycles. The van der Waals surface area contributed by atoms with Crippen molar-refractivity contribution in [2.24, 2.45) is 0 Å². The molecule has 240 valence electrons. The molecule has 0 fully saturated rings. The van der Waals surface area contributed by atoms with Gasteiger partial charge in [0.2, 0.25) is 0 Å². The number of ketones is 1. The van der Waals surface area contributed by atoms with Gasteiger partial charge in [0.25, 0.3) is 0 Å². The third kappa shape index (κ3) is 5.58. The molecule has 0 amide bonds. The molecule has 0 saturated carbocycles. The molecule has 0 saturated heterocycles. The zero-order chi connectivity index (χ0) is 34.0. The molecule has 0 aliphatic heterocycles. The fraction of sp³-hybridized carbons (Fsp3) is 0.109. The van der Waals surface area contributed by atoms with Crippen LogP contribution in [0.4, 0.5) is 0 Å². The molecule has 49 heavy (non-hydrogen) atoms. The second kappa shape index (κ2) is 13.3. The van der Waals surface area contributed by atoms with Gasteiger partial charge in [-0.05, 0) is 101 Å². The highest BCUT2D eigenvalue weighted by atomic mass is 16.5. The van der Waals surface area contributed by atoms with Crippen LogP contribution >= 0.6 is 0 Å². The van der Waals surface area contributed by atoms with E-state index >= 15 is 0 Å². The summed E-state index contributed by atoms with van der Waals surface area (Å²) in [5.74, 6) is 2.24. The smallest absolute Gasteiger partial charge is 0.193 e. The van der Waals surface area contributed by atoms with Crippen molar-refractivity contribution in [2.75, 3.05) is 7.11 Å². The number of methoxy groups -OCH3 is 1. The first-order valence-electron chi connectivity index (χ1n) is 16.6. The van der Waals surface area contributed by atoms with Gasteiger partial charge in [-0.3, -0.25) is 4.79 Å². The van der Waals surface area contributed by atoms with Crippen molar-refractivity contribution in [2.45, 2.75) is 25.2 Å². The lowest BCUT2D eigenvalue weighted by Crippen LogP contribution is -2.29. The average Bonchev–Trinajstić information content (AvgIpc) is 3.44. The van der Waals surface area contributed by atoms with Gasteiger partial charge in [-0.15, -0.1) is 13.2 Å². The molecule has 6 aromatic rings. The average molecular weight is 639 g/mol. The molecule has 0 aromatic heterocycles. The number of fused-ring (bicyclic) bond motifs is 3. The van der Waals surface area contributed by atoms with Crippen molar-refractivity contribution in [3.05, 3.63) is 209 Å². The van der Waals surface area contributed by atoms with E-state index in [-0.39, 0.29) is 5.78 Å². The van der Waals surface area contributed by atoms with E-state index < -0.39 is 5.41 Å². The number of aryl methyl sites for hydroxylation is 1. The van der Waals surface area contributed by atoms with Crippen molar-refractivity contribution in [1.29, 1.82) is 0 Å². The quantitative estimate of drug-likeness (QED) is 0.104. The van der Waals surface area contributed by atoms with Gasteiger partial charge >= 0.3 is 0 Å². The Hall–Kier alpha value is -5.93. The van der Waals surface area contributed by atoms with Crippen molar-refractivity contribution < 1.29 is 14.3 Å². The number of allylic oxidation sites excluding steroid dienone is 2. The fourth-order valence-corrected chi connectivity index (χ4v) is 7.25. The Morgan fingerprint density at radius 1 is 0.633 bits per heavy atom.